The number of oxime groups is 1. The normalized spacial score (nSPS) is 48.1. The van der Waals surface area contributed by atoms with E-state index in [0.29, 0.717) is 0 Å². The van der Waals surface area contributed by atoms with Crippen LogP contribution in [0.15, 0.2) is 5.16 Å². The van der Waals surface area contributed by atoms with Gasteiger partial charge in [0, 0.05) is 13.3 Å². The van der Waals surface area contributed by atoms with Crippen LogP contribution in [0.5, 0.6) is 0 Å². The summed E-state index contributed by atoms with van der Waals surface area (Å²) < 4.78 is 10.3. The Hall–Kier alpha value is -1.13. The van der Waals surface area contributed by atoms with E-state index in [0.717, 1.165) is 5.71 Å². The smallest absolute Gasteiger partial charge is 0.304 e. The Morgan fingerprint density at radius 2 is 2.44 bits per heavy atom. The van der Waals surface area contributed by atoms with Gasteiger partial charge < -0.3 is 14.3 Å². The van der Waals surface area contributed by atoms with Crippen molar-refractivity contribution in [2.45, 2.75) is 42.6 Å². The lowest BCUT2D eigenvalue weighted by Gasteiger charge is -2.36. The standard InChI is InChI=1S/C11H11BrN2O4/c1-5-8-9-10(4-13,17-6(2)15)3-7(16-9)11(8,12)18-14-5/h7-9H,3H2,1-2H3/t7-,8+,9-,10+,11-/m0/s1. The molecule has 0 unspecified atom stereocenters. The van der Waals surface area contributed by atoms with Gasteiger partial charge in [0.1, 0.15) is 18.3 Å². The summed E-state index contributed by atoms with van der Waals surface area (Å²) in [4.78, 5) is 16.6. The number of esters is 1. The van der Waals surface area contributed by atoms with Crippen molar-refractivity contribution in [3.63, 3.8) is 0 Å². The molecule has 0 aromatic heterocycles. The van der Waals surface area contributed by atoms with E-state index in [1.54, 1.807) is 0 Å². The summed E-state index contributed by atoms with van der Waals surface area (Å²) in [5.41, 5.74) is -0.492. The van der Waals surface area contributed by atoms with Crippen LogP contribution in [0.1, 0.15) is 20.3 Å². The zero-order chi connectivity index (χ0) is 13.1. The minimum atomic E-state index is -1.23. The second-order valence-electron chi connectivity index (χ2n) is 4.84. The van der Waals surface area contributed by atoms with Crippen molar-refractivity contribution in [1.82, 2.24) is 0 Å². The van der Waals surface area contributed by atoms with Gasteiger partial charge in [-0.25, -0.2) is 0 Å². The summed E-state index contributed by atoms with van der Waals surface area (Å²) >= 11 is 3.51. The van der Waals surface area contributed by atoms with E-state index in [1.165, 1.54) is 6.92 Å². The van der Waals surface area contributed by atoms with E-state index >= 15 is 0 Å². The summed E-state index contributed by atoms with van der Waals surface area (Å²) in [6.45, 7) is 3.10. The number of fused-ring (bicyclic) bond motifs is 5. The van der Waals surface area contributed by atoms with Crippen molar-refractivity contribution in [2.75, 3.05) is 0 Å². The van der Waals surface area contributed by atoms with Crippen molar-refractivity contribution in [2.24, 2.45) is 11.1 Å². The van der Waals surface area contributed by atoms with Gasteiger partial charge in [-0.15, -0.1) is 0 Å². The summed E-state index contributed by atoms with van der Waals surface area (Å²) in [7, 11) is 0. The first kappa shape index (κ1) is 11.9. The van der Waals surface area contributed by atoms with Crippen molar-refractivity contribution in [1.29, 1.82) is 5.26 Å². The van der Waals surface area contributed by atoms with Gasteiger partial charge in [0.25, 0.3) is 0 Å². The van der Waals surface area contributed by atoms with E-state index in [2.05, 4.69) is 27.2 Å². The maximum absolute atomic E-state index is 11.2. The van der Waals surface area contributed by atoms with E-state index in [4.69, 9.17) is 14.3 Å². The number of nitriles is 1. The van der Waals surface area contributed by atoms with Crippen LogP contribution in [0.25, 0.3) is 0 Å². The fourth-order valence-electron chi connectivity index (χ4n) is 3.02. The molecule has 0 spiro atoms. The number of carbonyl (C=O) groups excluding carboxylic acids is 1. The molecule has 2 fully saturated rings. The number of ether oxygens (including phenoxy) is 2. The first-order valence-corrected chi connectivity index (χ1v) is 6.40. The second kappa shape index (κ2) is 3.45. The van der Waals surface area contributed by atoms with Crippen molar-refractivity contribution < 1.29 is 19.1 Å². The minimum absolute atomic E-state index is 0.213. The molecule has 3 heterocycles. The van der Waals surface area contributed by atoms with Crippen LogP contribution < -0.4 is 0 Å². The van der Waals surface area contributed by atoms with Crippen LogP contribution in [0.4, 0.5) is 0 Å². The molecule has 18 heavy (non-hydrogen) atoms. The molecule has 6 nitrogen and oxygen atoms in total. The molecular weight excluding hydrogens is 304 g/mol. The van der Waals surface area contributed by atoms with Gasteiger partial charge in [-0.05, 0) is 22.9 Å². The Labute approximate surface area is 112 Å². The van der Waals surface area contributed by atoms with Gasteiger partial charge in [-0.2, -0.15) is 5.26 Å². The van der Waals surface area contributed by atoms with Crippen LogP contribution in [0.2, 0.25) is 0 Å². The number of hydrogen-bond acceptors (Lipinski definition) is 6. The maximum Gasteiger partial charge on any atom is 0.304 e. The molecule has 2 saturated heterocycles. The highest BCUT2D eigenvalue weighted by Gasteiger charge is 2.74. The molecule has 3 aliphatic rings. The zero-order valence-corrected chi connectivity index (χ0v) is 11.4. The van der Waals surface area contributed by atoms with Gasteiger partial charge >= 0.3 is 5.97 Å². The summed E-state index contributed by atoms with van der Waals surface area (Å²) in [5.74, 6) is -0.698. The summed E-state index contributed by atoms with van der Waals surface area (Å²) in [6, 6.07) is 2.09. The lowest BCUT2D eigenvalue weighted by Crippen LogP contribution is -2.55. The van der Waals surface area contributed by atoms with E-state index < -0.39 is 22.2 Å². The number of halogens is 1. The van der Waals surface area contributed by atoms with Crippen LogP contribution in [0, 0.1) is 17.2 Å². The molecule has 0 aromatic carbocycles. The third-order valence-corrected chi connectivity index (χ3v) is 4.87. The topological polar surface area (TPSA) is 80.9 Å². The van der Waals surface area contributed by atoms with Gasteiger partial charge in [0.05, 0.1) is 11.6 Å². The molecule has 0 N–H and O–H groups in total. The highest BCUT2D eigenvalue weighted by Crippen LogP contribution is 2.59. The Morgan fingerprint density at radius 3 is 3.06 bits per heavy atom. The molecule has 0 aliphatic carbocycles. The number of nitrogens with zero attached hydrogens (tertiary/aromatic N) is 2. The van der Waals surface area contributed by atoms with Crippen LogP contribution >= 0.6 is 15.9 Å². The predicted octanol–water partition coefficient (Wildman–Crippen LogP) is 1.10. The Morgan fingerprint density at radius 1 is 1.72 bits per heavy atom. The molecule has 96 valence electrons. The zero-order valence-electron chi connectivity index (χ0n) is 9.84. The summed E-state index contributed by atoms with van der Waals surface area (Å²) in [6.07, 6.45) is -0.604. The largest absolute Gasteiger partial charge is 0.441 e. The molecule has 2 bridgehead atoms. The van der Waals surface area contributed by atoms with Crippen LogP contribution in [-0.4, -0.2) is 34.0 Å². The maximum atomic E-state index is 11.2. The van der Waals surface area contributed by atoms with E-state index in [1.807, 2.05) is 6.92 Å². The average Bonchev–Trinajstić information content (AvgIpc) is 2.88. The number of alkyl halides is 1. The molecule has 3 rings (SSSR count). The van der Waals surface area contributed by atoms with Crippen LogP contribution in [0.3, 0.4) is 0 Å². The second-order valence-corrected chi connectivity index (χ2v) is 6.08. The molecule has 0 saturated carbocycles. The monoisotopic (exact) mass is 314 g/mol. The molecule has 0 aromatic rings. The lowest BCUT2D eigenvalue weighted by molar-refractivity contribution is -0.157. The number of rotatable bonds is 1. The Balaban J connectivity index is 1.99. The SMILES string of the molecule is CC(=O)O[C@@]1(C#N)C[C@@H]2O[C@H]1[C@H]1C(C)=NO[C@@]21Br. The number of carbonyl (C=O) groups is 1. The molecule has 0 radical (unpaired) electrons. The molecular formula is C11H11BrN2O4. The minimum Gasteiger partial charge on any atom is -0.441 e. The Kier molecular flexibility index (Phi) is 2.29. The van der Waals surface area contributed by atoms with Crippen molar-refractivity contribution >= 4 is 27.6 Å². The Bertz CT molecular complexity index is 502. The fourth-order valence-corrected chi connectivity index (χ4v) is 3.93. The quantitative estimate of drug-likeness (QED) is 0.534. The molecule has 7 heteroatoms. The van der Waals surface area contributed by atoms with E-state index in [-0.39, 0.29) is 18.4 Å². The predicted molar refractivity (Wildman–Crippen MR) is 62.7 cm³/mol. The molecule has 5 atom stereocenters. The van der Waals surface area contributed by atoms with Gasteiger partial charge in [0.15, 0.2) is 0 Å². The van der Waals surface area contributed by atoms with Gasteiger partial charge in [-0.3, -0.25) is 4.79 Å². The van der Waals surface area contributed by atoms with Crippen molar-refractivity contribution in [3.05, 3.63) is 0 Å². The third kappa shape index (κ3) is 1.25. The lowest BCUT2D eigenvalue weighted by atomic mass is 9.75. The van der Waals surface area contributed by atoms with Crippen molar-refractivity contribution in [3.8, 4) is 6.07 Å². The molecule has 3 aliphatic heterocycles. The summed E-state index contributed by atoms with van der Waals surface area (Å²) in [5, 5.41) is 13.3. The fraction of sp³-hybridized carbons (Fsp3) is 0.727. The highest BCUT2D eigenvalue weighted by molar-refractivity contribution is 9.10. The number of hydrogen-bond donors (Lipinski definition) is 0. The molecule has 0 amide bonds. The average molecular weight is 315 g/mol. The van der Waals surface area contributed by atoms with Gasteiger partial charge in [0.2, 0.25) is 10.1 Å². The third-order valence-electron chi connectivity index (χ3n) is 3.72. The first-order valence-electron chi connectivity index (χ1n) is 5.61. The van der Waals surface area contributed by atoms with Gasteiger partial charge in [-0.1, -0.05) is 5.16 Å². The first-order chi connectivity index (χ1) is 8.43. The van der Waals surface area contributed by atoms with E-state index in [9.17, 15) is 10.1 Å². The van der Waals surface area contributed by atoms with Crippen LogP contribution in [-0.2, 0) is 19.1 Å². The highest BCUT2D eigenvalue weighted by atomic mass is 79.9.